The molecule has 0 spiro atoms. The molecule has 0 fully saturated rings. The van der Waals surface area contributed by atoms with Gasteiger partial charge in [0.1, 0.15) is 11.6 Å². The summed E-state index contributed by atoms with van der Waals surface area (Å²) in [4.78, 5) is 11.7. The monoisotopic (exact) mass is 274 g/mol. The zero-order valence-corrected chi connectivity index (χ0v) is 11.0. The molecule has 0 unspecified atom stereocenters. The quantitative estimate of drug-likeness (QED) is 0.899. The number of carbonyl (C=O) groups is 1. The van der Waals surface area contributed by atoms with E-state index >= 15 is 0 Å². The van der Waals surface area contributed by atoms with Crippen LogP contribution in [0.1, 0.15) is 5.56 Å². The fraction of sp³-hybridized carbons (Fsp3) is 0.133. The van der Waals surface area contributed by atoms with E-state index < -0.39 is 0 Å². The highest BCUT2D eigenvalue weighted by molar-refractivity contribution is 5.89. The number of carbonyl (C=O) groups excluding carboxylic acids is 1. The van der Waals surface area contributed by atoms with Gasteiger partial charge in [-0.15, -0.1) is 0 Å². The van der Waals surface area contributed by atoms with Crippen molar-refractivity contribution < 1.29 is 13.9 Å². The van der Waals surface area contributed by atoms with E-state index in [1.165, 1.54) is 12.1 Å². The first kappa shape index (κ1) is 13.9. The summed E-state index contributed by atoms with van der Waals surface area (Å²) in [5.41, 5.74) is 1.33. The van der Waals surface area contributed by atoms with Crippen molar-refractivity contribution in [2.45, 2.75) is 6.54 Å². The number of halogens is 1. The first-order valence-corrected chi connectivity index (χ1v) is 6.11. The molecule has 2 aromatic carbocycles. The average Bonchev–Trinajstić information content (AvgIpc) is 2.45. The summed E-state index contributed by atoms with van der Waals surface area (Å²) < 4.78 is 18.0. The molecule has 0 aromatic heterocycles. The van der Waals surface area contributed by atoms with Gasteiger partial charge in [0.05, 0.1) is 7.11 Å². The molecular weight excluding hydrogens is 259 g/mol. The topological polar surface area (TPSA) is 50.4 Å². The van der Waals surface area contributed by atoms with Gasteiger partial charge in [0.25, 0.3) is 0 Å². The van der Waals surface area contributed by atoms with Crippen LogP contribution < -0.4 is 15.4 Å². The van der Waals surface area contributed by atoms with E-state index in [1.807, 2.05) is 0 Å². The lowest BCUT2D eigenvalue weighted by Gasteiger charge is -2.09. The molecule has 0 saturated carbocycles. The molecule has 0 saturated heterocycles. The molecule has 2 aromatic rings. The highest BCUT2D eigenvalue weighted by atomic mass is 19.1. The Balaban J connectivity index is 1.89. The molecule has 5 heteroatoms. The molecule has 0 bridgehead atoms. The minimum atomic E-state index is -0.359. The second-order valence-corrected chi connectivity index (χ2v) is 4.17. The van der Waals surface area contributed by atoms with Gasteiger partial charge in [0.2, 0.25) is 0 Å². The van der Waals surface area contributed by atoms with Crippen LogP contribution >= 0.6 is 0 Å². The molecule has 104 valence electrons. The Labute approximate surface area is 116 Å². The third-order valence-corrected chi connectivity index (χ3v) is 2.67. The molecular formula is C15H15FN2O2. The SMILES string of the molecule is COc1cccc(NC(=O)NCc2cccc(F)c2)c1. The van der Waals surface area contributed by atoms with Crippen molar-refractivity contribution >= 4 is 11.7 Å². The van der Waals surface area contributed by atoms with Crippen molar-refractivity contribution in [3.05, 3.63) is 59.9 Å². The molecule has 4 nitrogen and oxygen atoms in total. The molecule has 2 N–H and O–H groups in total. The summed E-state index contributed by atoms with van der Waals surface area (Å²) in [6, 6.07) is 12.8. The molecule has 0 atom stereocenters. The van der Waals surface area contributed by atoms with Crippen LogP contribution in [0.5, 0.6) is 5.75 Å². The average molecular weight is 274 g/mol. The van der Waals surface area contributed by atoms with Gasteiger partial charge in [-0.05, 0) is 29.8 Å². The number of nitrogens with one attached hydrogen (secondary N) is 2. The summed E-state index contributed by atoms with van der Waals surface area (Å²) in [5, 5.41) is 5.33. The number of urea groups is 1. The third-order valence-electron chi connectivity index (χ3n) is 2.67. The van der Waals surface area contributed by atoms with Gasteiger partial charge in [0.15, 0.2) is 0 Å². The summed E-state index contributed by atoms with van der Waals surface area (Å²) >= 11 is 0. The maximum absolute atomic E-state index is 13.0. The predicted molar refractivity (Wildman–Crippen MR) is 75.3 cm³/mol. The summed E-state index contributed by atoms with van der Waals surface area (Å²) in [6.07, 6.45) is 0. The number of ether oxygens (including phenoxy) is 1. The lowest BCUT2D eigenvalue weighted by Crippen LogP contribution is -2.28. The standard InChI is InChI=1S/C15H15FN2O2/c1-20-14-7-3-6-13(9-14)18-15(19)17-10-11-4-2-5-12(16)8-11/h2-9H,10H2,1H3,(H2,17,18,19). The van der Waals surface area contributed by atoms with Gasteiger partial charge in [-0.3, -0.25) is 0 Å². The normalized spacial score (nSPS) is 9.90. The first-order valence-electron chi connectivity index (χ1n) is 6.11. The number of hydrogen-bond acceptors (Lipinski definition) is 2. The van der Waals surface area contributed by atoms with Crippen molar-refractivity contribution in [2.75, 3.05) is 12.4 Å². The first-order chi connectivity index (χ1) is 9.67. The minimum absolute atomic E-state index is 0.258. The number of hydrogen-bond donors (Lipinski definition) is 2. The van der Waals surface area contributed by atoms with Gasteiger partial charge in [-0.1, -0.05) is 18.2 Å². The Morgan fingerprint density at radius 2 is 2.00 bits per heavy atom. The van der Waals surface area contributed by atoms with E-state index in [0.29, 0.717) is 17.0 Å². The Morgan fingerprint density at radius 1 is 1.20 bits per heavy atom. The molecule has 0 radical (unpaired) electrons. The largest absolute Gasteiger partial charge is 0.497 e. The number of rotatable bonds is 4. The van der Waals surface area contributed by atoms with Crippen LogP contribution in [0.4, 0.5) is 14.9 Å². The van der Waals surface area contributed by atoms with Crippen molar-refractivity contribution in [1.82, 2.24) is 5.32 Å². The van der Waals surface area contributed by atoms with Crippen LogP contribution in [-0.4, -0.2) is 13.1 Å². The van der Waals surface area contributed by atoms with Gasteiger partial charge < -0.3 is 15.4 Å². The molecule has 0 aliphatic carbocycles. The third kappa shape index (κ3) is 3.98. The summed E-state index contributed by atoms with van der Waals surface area (Å²) in [7, 11) is 1.56. The van der Waals surface area contributed by atoms with Crippen LogP contribution in [-0.2, 0) is 6.54 Å². The van der Waals surface area contributed by atoms with E-state index in [-0.39, 0.29) is 18.4 Å². The molecule has 0 aliphatic heterocycles. The Kier molecular flexibility index (Phi) is 4.55. The number of methoxy groups -OCH3 is 1. The minimum Gasteiger partial charge on any atom is -0.497 e. The maximum Gasteiger partial charge on any atom is 0.319 e. The zero-order chi connectivity index (χ0) is 14.4. The van der Waals surface area contributed by atoms with Crippen LogP contribution in [0.15, 0.2) is 48.5 Å². The molecule has 2 amide bonds. The van der Waals surface area contributed by atoms with E-state index in [1.54, 1.807) is 43.5 Å². The van der Waals surface area contributed by atoms with Crippen molar-refractivity contribution in [3.63, 3.8) is 0 Å². The van der Waals surface area contributed by atoms with Crippen LogP contribution in [0, 0.1) is 5.82 Å². The fourth-order valence-electron chi connectivity index (χ4n) is 1.71. The number of anilines is 1. The molecule has 0 heterocycles. The summed E-state index contributed by atoms with van der Waals surface area (Å²) in [6.45, 7) is 0.258. The van der Waals surface area contributed by atoms with E-state index in [4.69, 9.17) is 4.74 Å². The van der Waals surface area contributed by atoms with E-state index in [0.717, 1.165) is 0 Å². The second-order valence-electron chi connectivity index (χ2n) is 4.17. The number of amides is 2. The van der Waals surface area contributed by atoms with Gasteiger partial charge in [-0.25, -0.2) is 9.18 Å². The molecule has 2 rings (SSSR count). The molecule has 0 aliphatic rings. The zero-order valence-electron chi connectivity index (χ0n) is 11.0. The Morgan fingerprint density at radius 3 is 2.75 bits per heavy atom. The highest BCUT2D eigenvalue weighted by Gasteiger charge is 2.03. The lowest BCUT2D eigenvalue weighted by molar-refractivity contribution is 0.251. The smallest absolute Gasteiger partial charge is 0.319 e. The van der Waals surface area contributed by atoms with E-state index in [9.17, 15) is 9.18 Å². The predicted octanol–water partition coefficient (Wildman–Crippen LogP) is 3.16. The van der Waals surface area contributed by atoms with Crippen LogP contribution in [0.2, 0.25) is 0 Å². The second kappa shape index (κ2) is 6.56. The van der Waals surface area contributed by atoms with Gasteiger partial charge in [0, 0.05) is 18.3 Å². The number of benzene rings is 2. The van der Waals surface area contributed by atoms with Crippen LogP contribution in [0.3, 0.4) is 0 Å². The Bertz CT molecular complexity index is 602. The van der Waals surface area contributed by atoms with Crippen molar-refractivity contribution in [2.24, 2.45) is 0 Å². The summed E-state index contributed by atoms with van der Waals surface area (Å²) in [5.74, 6) is 0.338. The van der Waals surface area contributed by atoms with Crippen molar-refractivity contribution in [3.8, 4) is 5.75 Å². The molecule has 20 heavy (non-hydrogen) atoms. The lowest BCUT2D eigenvalue weighted by atomic mass is 10.2. The van der Waals surface area contributed by atoms with Crippen molar-refractivity contribution in [1.29, 1.82) is 0 Å². The van der Waals surface area contributed by atoms with Gasteiger partial charge in [-0.2, -0.15) is 0 Å². The Hall–Kier alpha value is -2.56. The highest BCUT2D eigenvalue weighted by Crippen LogP contribution is 2.16. The maximum atomic E-state index is 13.0. The van der Waals surface area contributed by atoms with Gasteiger partial charge >= 0.3 is 6.03 Å². The fourth-order valence-corrected chi connectivity index (χ4v) is 1.71. The van der Waals surface area contributed by atoms with E-state index in [2.05, 4.69) is 10.6 Å². The van der Waals surface area contributed by atoms with Crippen LogP contribution in [0.25, 0.3) is 0 Å².